The van der Waals surface area contributed by atoms with Crippen LogP contribution >= 0.6 is 0 Å². The van der Waals surface area contributed by atoms with Gasteiger partial charge in [-0.3, -0.25) is 9.52 Å². The van der Waals surface area contributed by atoms with Gasteiger partial charge in [-0.2, -0.15) is 8.42 Å². The van der Waals surface area contributed by atoms with E-state index in [1.807, 2.05) is 0 Å². The highest BCUT2D eigenvalue weighted by molar-refractivity contribution is 7.91. The Bertz CT molecular complexity index is 1080. The first kappa shape index (κ1) is 18.5. The molecule has 1 amide bonds. The fourth-order valence-corrected chi connectivity index (χ4v) is 3.23. The first-order chi connectivity index (χ1) is 12.8. The minimum Gasteiger partial charge on any atom is -0.333 e. The van der Waals surface area contributed by atoms with Crippen molar-refractivity contribution < 1.29 is 22.0 Å². The van der Waals surface area contributed by atoms with Crippen molar-refractivity contribution in [3.05, 3.63) is 72.1 Å². The number of nitrogens with one attached hydrogen (secondary N) is 2. The summed E-state index contributed by atoms with van der Waals surface area (Å²) >= 11 is 0. The number of carbonyl (C=O) groups excluding carboxylic acids is 1. The first-order valence-electron chi connectivity index (χ1n) is 7.64. The van der Waals surface area contributed by atoms with Crippen molar-refractivity contribution in [2.24, 2.45) is 7.05 Å². The van der Waals surface area contributed by atoms with Crippen LogP contribution < -0.4 is 9.44 Å². The van der Waals surface area contributed by atoms with Gasteiger partial charge in [0.25, 0.3) is 5.91 Å². The molecule has 27 heavy (non-hydrogen) atoms. The number of anilines is 1. The summed E-state index contributed by atoms with van der Waals surface area (Å²) < 4.78 is 57.2. The zero-order valence-corrected chi connectivity index (χ0v) is 14.8. The molecule has 0 aliphatic rings. The topological polar surface area (TPSA) is 93.1 Å². The number of hydrogen-bond donors (Lipinski definition) is 2. The van der Waals surface area contributed by atoms with Gasteiger partial charge in [0.05, 0.1) is 11.3 Å². The third-order valence-electron chi connectivity index (χ3n) is 3.55. The molecular formula is C17H14F2N4O3S. The molecule has 0 aliphatic heterocycles. The highest BCUT2D eigenvalue weighted by Crippen LogP contribution is 2.24. The number of aryl methyl sites for hydroxylation is 1. The van der Waals surface area contributed by atoms with E-state index in [-0.39, 0.29) is 17.2 Å². The third-order valence-corrected chi connectivity index (χ3v) is 4.51. The van der Waals surface area contributed by atoms with Gasteiger partial charge in [0.1, 0.15) is 23.2 Å². The van der Waals surface area contributed by atoms with Gasteiger partial charge < -0.3 is 4.57 Å². The Balaban J connectivity index is 1.84. The van der Waals surface area contributed by atoms with Crippen LogP contribution in [0.5, 0.6) is 0 Å². The Kier molecular flexibility index (Phi) is 4.91. The van der Waals surface area contributed by atoms with Crippen molar-refractivity contribution in [2.45, 2.75) is 0 Å². The standard InChI is InChI=1S/C17H14F2N4O3S/c1-23-10-14(20-16(23)15-12(18)8-5-9-13(15)19)17(24)22-27(25,26)21-11-6-3-2-4-7-11/h2-10,21H,1H3,(H,22,24). The van der Waals surface area contributed by atoms with Crippen LogP contribution in [0.4, 0.5) is 14.5 Å². The van der Waals surface area contributed by atoms with Gasteiger partial charge in [-0.1, -0.05) is 24.3 Å². The van der Waals surface area contributed by atoms with E-state index in [1.54, 1.807) is 22.9 Å². The zero-order valence-electron chi connectivity index (χ0n) is 14.0. The summed E-state index contributed by atoms with van der Waals surface area (Å²) in [6.45, 7) is 0. The second kappa shape index (κ2) is 7.16. The second-order valence-electron chi connectivity index (χ2n) is 5.56. The van der Waals surface area contributed by atoms with Gasteiger partial charge in [-0.25, -0.2) is 18.5 Å². The highest BCUT2D eigenvalue weighted by atomic mass is 32.2. The fourth-order valence-electron chi connectivity index (χ4n) is 2.38. The monoisotopic (exact) mass is 392 g/mol. The summed E-state index contributed by atoms with van der Waals surface area (Å²) in [7, 11) is -2.78. The van der Waals surface area contributed by atoms with Crippen LogP contribution in [0.2, 0.25) is 0 Å². The van der Waals surface area contributed by atoms with Gasteiger partial charge in [-0.05, 0) is 24.3 Å². The molecule has 0 saturated heterocycles. The summed E-state index contributed by atoms with van der Waals surface area (Å²) in [6, 6.07) is 11.3. The van der Waals surface area contributed by atoms with Crippen LogP contribution in [0, 0.1) is 11.6 Å². The number of benzene rings is 2. The lowest BCUT2D eigenvalue weighted by molar-refractivity contribution is 0.0977. The SMILES string of the molecule is Cn1cc(C(=O)NS(=O)(=O)Nc2ccccc2)nc1-c1c(F)cccc1F. The maximum absolute atomic E-state index is 13.9. The number of imidazole rings is 1. The van der Waals surface area contributed by atoms with E-state index in [1.165, 1.54) is 36.0 Å². The molecule has 0 spiro atoms. The van der Waals surface area contributed by atoms with Crippen molar-refractivity contribution in [1.29, 1.82) is 0 Å². The third kappa shape index (κ3) is 4.11. The minimum atomic E-state index is -4.21. The number of carbonyl (C=O) groups is 1. The summed E-state index contributed by atoms with van der Waals surface area (Å²) in [5.41, 5.74) is -0.467. The summed E-state index contributed by atoms with van der Waals surface area (Å²) in [5.74, 6) is -2.90. The quantitative estimate of drug-likeness (QED) is 0.698. The second-order valence-corrected chi connectivity index (χ2v) is 6.98. The molecule has 2 N–H and O–H groups in total. The Morgan fingerprint density at radius 1 is 1.04 bits per heavy atom. The summed E-state index contributed by atoms with van der Waals surface area (Å²) in [4.78, 5) is 16.1. The predicted octanol–water partition coefficient (Wildman–Crippen LogP) is 2.45. The van der Waals surface area contributed by atoms with Crippen LogP contribution in [0.1, 0.15) is 10.5 Å². The van der Waals surface area contributed by atoms with Crippen LogP contribution in [-0.4, -0.2) is 23.9 Å². The molecule has 0 aliphatic carbocycles. The molecule has 3 rings (SSSR count). The van der Waals surface area contributed by atoms with E-state index in [9.17, 15) is 22.0 Å². The lowest BCUT2D eigenvalue weighted by Crippen LogP contribution is -2.35. The fraction of sp³-hybridized carbons (Fsp3) is 0.0588. The largest absolute Gasteiger partial charge is 0.333 e. The molecule has 7 nitrogen and oxygen atoms in total. The molecular weight excluding hydrogens is 378 g/mol. The van der Waals surface area contributed by atoms with Crippen molar-refractivity contribution in [3.8, 4) is 11.4 Å². The van der Waals surface area contributed by atoms with Crippen LogP contribution in [-0.2, 0) is 17.3 Å². The molecule has 0 saturated carbocycles. The lowest BCUT2D eigenvalue weighted by atomic mass is 10.2. The van der Waals surface area contributed by atoms with Gasteiger partial charge in [0.2, 0.25) is 0 Å². The molecule has 0 fully saturated rings. The Labute approximate surface area is 153 Å². The van der Waals surface area contributed by atoms with Crippen LogP contribution in [0.15, 0.2) is 54.7 Å². The average molecular weight is 392 g/mol. The Morgan fingerprint density at radius 3 is 2.30 bits per heavy atom. The average Bonchev–Trinajstić information content (AvgIpc) is 2.97. The van der Waals surface area contributed by atoms with E-state index < -0.39 is 33.3 Å². The van der Waals surface area contributed by atoms with E-state index in [0.29, 0.717) is 0 Å². The van der Waals surface area contributed by atoms with E-state index in [0.717, 1.165) is 12.1 Å². The van der Waals surface area contributed by atoms with Crippen LogP contribution in [0.25, 0.3) is 11.4 Å². The highest BCUT2D eigenvalue weighted by Gasteiger charge is 2.22. The summed E-state index contributed by atoms with van der Waals surface area (Å²) in [5, 5.41) is 0. The van der Waals surface area contributed by atoms with Crippen molar-refractivity contribution in [3.63, 3.8) is 0 Å². The van der Waals surface area contributed by atoms with Gasteiger partial charge in [0.15, 0.2) is 0 Å². The molecule has 1 heterocycles. The van der Waals surface area contributed by atoms with E-state index in [2.05, 4.69) is 9.71 Å². The maximum atomic E-state index is 13.9. The molecule has 0 atom stereocenters. The molecule has 1 aromatic heterocycles. The number of nitrogens with zero attached hydrogens (tertiary/aromatic N) is 2. The van der Waals surface area contributed by atoms with Gasteiger partial charge in [0, 0.05) is 13.2 Å². The summed E-state index contributed by atoms with van der Waals surface area (Å²) in [6.07, 6.45) is 1.18. The first-order valence-corrected chi connectivity index (χ1v) is 9.13. The van der Waals surface area contributed by atoms with Gasteiger partial charge in [-0.15, -0.1) is 0 Å². The van der Waals surface area contributed by atoms with Crippen molar-refractivity contribution >= 4 is 21.8 Å². The van der Waals surface area contributed by atoms with E-state index in [4.69, 9.17) is 0 Å². The number of hydrogen-bond acceptors (Lipinski definition) is 4. The molecule has 0 unspecified atom stereocenters. The molecule has 10 heteroatoms. The molecule has 140 valence electrons. The predicted molar refractivity (Wildman–Crippen MR) is 95.0 cm³/mol. The number of amides is 1. The van der Waals surface area contributed by atoms with Crippen molar-refractivity contribution in [2.75, 3.05) is 4.72 Å². The molecule has 2 aromatic carbocycles. The smallest absolute Gasteiger partial charge is 0.324 e. The number of para-hydroxylation sites is 1. The lowest BCUT2D eigenvalue weighted by Gasteiger charge is -2.08. The number of aromatic nitrogens is 2. The zero-order chi connectivity index (χ0) is 19.6. The molecule has 0 radical (unpaired) electrons. The van der Waals surface area contributed by atoms with E-state index >= 15 is 0 Å². The maximum Gasteiger partial charge on any atom is 0.324 e. The normalized spacial score (nSPS) is 11.2. The number of rotatable bonds is 5. The van der Waals surface area contributed by atoms with Crippen LogP contribution in [0.3, 0.4) is 0 Å². The number of halogens is 2. The molecule has 3 aromatic rings. The Hall–Kier alpha value is -3.27. The van der Waals surface area contributed by atoms with Crippen molar-refractivity contribution in [1.82, 2.24) is 14.3 Å². The Morgan fingerprint density at radius 2 is 1.67 bits per heavy atom. The van der Waals surface area contributed by atoms with Gasteiger partial charge >= 0.3 is 10.2 Å². The minimum absolute atomic E-state index is 0.149. The molecule has 0 bridgehead atoms.